The molecule has 3 rings (SSSR count). The van der Waals surface area contributed by atoms with Crippen molar-refractivity contribution in [3.05, 3.63) is 16.1 Å². The van der Waals surface area contributed by atoms with Gasteiger partial charge >= 0.3 is 6.03 Å². The Morgan fingerprint density at radius 1 is 1.52 bits per heavy atom. The molecule has 0 saturated carbocycles. The molecule has 0 aliphatic carbocycles. The Morgan fingerprint density at radius 2 is 2.38 bits per heavy atom. The van der Waals surface area contributed by atoms with Crippen molar-refractivity contribution in [2.45, 2.75) is 31.0 Å². The van der Waals surface area contributed by atoms with E-state index in [1.807, 2.05) is 23.5 Å². The maximum Gasteiger partial charge on any atom is 0.324 e. The smallest absolute Gasteiger partial charge is 0.316 e. The van der Waals surface area contributed by atoms with Gasteiger partial charge in [0, 0.05) is 23.5 Å². The highest BCUT2D eigenvalue weighted by molar-refractivity contribution is 7.98. The molecule has 0 bridgehead atoms. The molecule has 9 heteroatoms. The number of nitrogens with zero attached hydrogens (tertiary/aromatic N) is 4. The van der Waals surface area contributed by atoms with Gasteiger partial charge in [0.05, 0.1) is 16.7 Å². The van der Waals surface area contributed by atoms with Gasteiger partial charge in [-0.1, -0.05) is 11.8 Å². The Bertz CT molecular complexity index is 640. The van der Waals surface area contributed by atoms with Gasteiger partial charge in [0.2, 0.25) is 10.3 Å². The van der Waals surface area contributed by atoms with Crippen LogP contribution in [0.3, 0.4) is 0 Å². The lowest BCUT2D eigenvalue weighted by molar-refractivity contribution is 0.206. The molecular weight excluding hydrogens is 326 g/mol. The van der Waals surface area contributed by atoms with E-state index in [0.717, 1.165) is 30.1 Å². The second kappa shape index (κ2) is 6.29. The average Bonchev–Trinajstić information content (AvgIpc) is 3.17. The van der Waals surface area contributed by atoms with Crippen molar-refractivity contribution in [1.29, 1.82) is 0 Å². The van der Waals surface area contributed by atoms with E-state index in [-0.39, 0.29) is 12.1 Å². The molecule has 0 aromatic carbocycles. The van der Waals surface area contributed by atoms with Crippen LogP contribution in [0, 0.1) is 6.92 Å². The number of urea groups is 1. The third kappa shape index (κ3) is 3.19. The van der Waals surface area contributed by atoms with Crippen molar-refractivity contribution in [1.82, 2.24) is 19.2 Å². The number of thiazole rings is 1. The maximum atomic E-state index is 12.4. The fraction of sp³-hybridized carbons (Fsp3) is 0.500. The summed E-state index contributed by atoms with van der Waals surface area (Å²) in [4.78, 5) is 23.0. The van der Waals surface area contributed by atoms with Gasteiger partial charge in [0.1, 0.15) is 0 Å². The molecule has 3 heterocycles. The first-order chi connectivity index (χ1) is 10.2. The number of likely N-dealkylation sites (tertiary alicyclic amines) is 1. The van der Waals surface area contributed by atoms with Crippen LogP contribution in [0.4, 0.5) is 9.93 Å². The monoisotopic (exact) mass is 341 g/mol. The predicted octanol–water partition coefficient (Wildman–Crippen LogP) is 3.39. The minimum Gasteiger partial charge on any atom is -0.316 e. The second-order valence-corrected chi connectivity index (χ2v) is 7.25. The normalized spacial score (nSPS) is 18.2. The molecule has 0 spiro atoms. The lowest BCUT2D eigenvalue weighted by Crippen LogP contribution is -2.34. The Hall–Kier alpha value is -1.19. The van der Waals surface area contributed by atoms with Gasteiger partial charge in [-0.25, -0.2) is 9.78 Å². The molecule has 1 N–H and O–H groups in total. The first kappa shape index (κ1) is 14.7. The van der Waals surface area contributed by atoms with E-state index in [0.29, 0.717) is 10.3 Å². The number of carbonyl (C=O) groups excluding carboxylic acids is 1. The summed E-state index contributed by atoms with van der Waals surface area (Å²) < 4.78 is 4.14. The van der Waals surface area contributed by atoms with Crippen LogP contribution >= 0.6 is 34.6 Å². The van der Waals surface area contributed by atoms with Crippen molar-refractivity contribution in [3.8, 4) is 0 Å². The van der Waals surface area contributed by atoms with E-state index in [9.17, 15) is 4.79 Å². The minimum atomic E-state index is -0.119. The van der Waals surface area contributed by atoms with Crippen LogP contribution in [-0.4, -0.2) is 38.1 Å². The molecule has 112 valence electrons. The zero-order valence-electron chi connectivity index (χ0n) is 11.7. The third-order valence-corrected chi connectivity index (χ3v) is 5.38. The highest BCUT2D eigenvalue weighted by atomic mass is 32.2. The molecule has 0 radical (unpaired) electrons. The summed E-state index contributed by atoms with van der Waals surface area (Å²) in [7, 11) is 0. The number of rotatable bonds is 3. The standard InChI is InChI=1S/C12H15N5OS3/c1-7-13-8(6-20-7)9-4-3-5-17(9)12(18)15-10-14-11(19-2)16-21-10/h6,9H,3-5H2,1-2H3,(H,14,15,16,18)/t9-/m1/s1. The SMILES string of the molecule is CSc1nsc(NC(=O)N2CCC[C@@H]2c2csc(C)n2)n1. The van der Waals surface area contributed by atoms with E-state index in [1.165, 1.54) is 23.3 Å². The molecule has 1 atom stereocenters. The van der Waals surface area contributed by atoms with Gasteiger partial charge in [0.25, 0.3) is 0 Å². The van der Waals surface area contributed by atoms with Crippen LogP contribution in [0.5, 0.6) is 0 Å². The van der Waals surface area contributed by atoms with E-state index < -0.39 is 0 Å². The molecule has 21 heavy (non-hydrogen) atoms. The summed E-state index contributed by atoms with van der Waals surface area (Å²) in [6, 6.07) is -0.0464. The molecule has 1 aliphatic rings. The number of anilines is 1. The highest BCUT2D eigenvalue weighted by Crippen LogP contribution is 2.33. The minimum absolute atomic E-state index is 0.0721. The highest BCUT2D eigenvalue weighted by Gasteiger charge is 2.31. The maximum absolute atomic E-state index is 12.4. The fourth-order valence-electron chi connectivity index (χ4n) is 2.36. The van der Waals surface area contributed by atoms with E-state index in [1.54, 1.807) is 11.3 Å². The summed E-state index contributed by atoms with van der Waals surface area (Å²) in [5.41, 5.74) is 0.993. The van der Waals surface area contributed by atoms with Crippen molar-refractivity contribution in [3.63, 3.8) is 0 Å². The summed E-state index contributed by atoms with van der Waals surface area (Å²) in [5, 5.41) is 7.15. The van der Waals surface area contributed by atoms with Crippen LogP contribution in [-0.2, 0) is 0 Å². The molecule has 2 aromatic rings. The molecule has 6 nitrogen and oxygen atoms in total. The van der Waals surface area contributed by atoms with E-state index >= 15 is 0 Å². The molecule has 2 amide bonds. The van der Waals surface area contributed by atoms with E-state index in [2.05, 4.69) is 19.7 Å². The predicted molar refractivity (Wildman–Crippen MR) is 86.2 cm³/mol. The lowest BCUT2D eigenvalue weighted by atomic mass is 10.2. The Labute approximate surface area is 135 Å². The Balaban J connectivity index is 1.71. The number of thioether (sulfide) groups is 1. The Morgan fingerprint density at radius 3 is 3.05 bits per heavy atom. The van der Waals surface area contributed by atoms with Crippen LogP contribution in [0.1, 0.15) is 29.6 Å². The average molecular weight is 341 g/mol. The van der Waals surface area contributed by atoms with Crippen LogP contribution < -0.4 is 5.32 Å². The quantitative estimate of drug-likeness (QED) is 0.867. The van der Waals surface area contributed by atoms with Crippen molar-refractivity contribution in [2.24, 2.45) is 0 Å². The number of hydrogen-bond donors (Lipinski definition) is 1. The fourth-order valence-corrected chi connectivity index (χ4v) is 4.13. The molecule has 0 unspecified atom stereocenters. The molecule has 1 saturated heterocycles. The molecule has 1 aliphatic heterocycles. The lowest BCUT2D eigenvalue weighted by Gasteiger charge is -2.22. The van der Waals surface area contributed by atoms with Crippen molar-refractivity contribution < 1.29 is 4.79 Å². The number of aryl methyl sites for hydroxylation is 1. The number of amides is 2. The van der Waals surface area contributed by atoms with Gasteiger partial charge in [-0.3, -0.25) is 5.32 Å². The second-order valence-electron chi connectivity index (χ2n) is 4.66. The van der Waals surface area contributed by atoms with E-state index in [4.69, 9.17) is 0 Å². The van der Waals surface area contributed by atoms with Gasteiger partial charge in [-0.2, -0.15) is 9.36 Å². The largest absolute Gasteiger partial charge is 0.324 e. The van der Waals surface area contributed by atoms with Crippen LogP contribution in [0.2, 0.25) is 0 Å². The number of hydrogen-bond acceptors (Lipinski definition) is 7. The van der Waals surface area contributed by atoms with Gasteiger partial charge in [-0.05, 0) is 26.0 Å². The number of aromatic nitrogens is 3. The van der Waals surface area contributed by atoms with Crippen molar-refractivity contribution in [2.75, 3.05) is 18.1 Å². The first-order valence-electron chi connectivity index (χ1n) is 6.54. The Kier molecular flexibility index (Phi) is 4.41. The molecule has 2 aromatic heterocycles. The third-order valence-electron chi connectivity index (χ3n) is 3.30. The zero-order valence-corrected chi connectivity index (χ0v) is 14.1. The molecular formula is C12H15N5OS3. The van der Waals surface area contributed by atoms with Gasteiger partial charge in [-0.15, -0.1) is 11.3 Å². The van der Waals surface area contributed by atoms with Gasteiger partial charge in [0.15, 0.2) is 0 Å². The first-order valence-corrected chi connectivity index (χ1v) is 9.42. The van der Waals surface area contributed by atoms with Crippen LogP contribution in [0.15, 0.2) is 10.5 Å². The summed E-state index contributed by atoms with van der Waals surface area (Å²) >= 11 is 4.29. The van der Waals surface area contributed by atoms with Crippen molar-refractivity contribution >= 4 is 45.8 Å². The number of nitrogens with one attached hydrogen (secondary N) is 1. The number of carbonyl (C=O) groups is 1. The van der Waals surface area contributed by atoms with Gasteiger partial charge < -0.3 is 4.90 Å². The summed E-state index contributed by atoms with van der Waals surface area (Å²) in [5.74, 6) is 0. The molecule has 1 fully saturated rings. The zero-order chi connectivity index (χ0) is 14.8. The topological polar surface area (TPSA) is 71.0 Å². The summed E-state index contributed by atoms with van der Waals surface area (Å²) in [6.45, 7) is 2.74. The van der Waals surface area contributed by atoms with Crippen LogP contribution in [0.25, 0.3) is 0 Å². The summed E-state index contributed by atoms with van der Waals surface area (Å²) in [6.07, 6.45) is 3.87.